The van der Waals surface area contributed by atoms with Gasteiger partial charge in [-0.2, -0.15) is 0 Å². The Morgan fingerprint density at radius 2 is 2.14 bits per heavy atom. The zero-order chi connectivity index (χ0) is 15.6. The van der Waals surface area contributed by atoms with Crippen LogP contribution in [0.4, 0.5) is 4.39 Å². The second kappa shape index (κ2) is 5.87. The van der Waals surface area contributed by atoms with Gasteiger partial charge >= 0.3 is 0 Å². The molecule has 0 aliphatic carbocycles. The van der Waals surface area contributed by atoms with Crippen molar-refractivity contribution >= 4 is 17.5 Å². The predicted octanol–water partition coefficient (Wildman–Crippen LogP) is 3.02. The van der Waals surface area contributed by atoms with Crippen LogP contribution in [0.25, 0.3) is 0 Å². The number of nitrogens with one attached hydrogen (secondary N) is 1. The molecule has 1 heterocycles. The molecule has 1 unspecified atom stereocenters. The number of hydrogen-bond donors (Lipinski definition) is 2. The highest BCUT2D eigenvalue weighted by Gasteiger charge is 2.28. The largest absolute Gasteiger partial charge is 0.463 e. The van der Waals surface area contributed by atoms with Gasteiger partial charge in [-0.25, -0.2) is 4.39 Å². The standard InChI is InChI=1S/C15H15ClFNO3/c1-9-3-6-13(21-9)15(2,20)8-18-14(19)11-5-4-10(16)7-12(11)17/h3-7,20H,8H2,1-2H3,(H,18,19). The Bertz CT molecular complexity index is 667. The lowest BCUT2D eigenvalue weighted by Gasteiger charge is -2.21. The minimum absolute atomic E-state index is 0.110. The first-order valence-corrected chi connectivity index (χ1v) is 6.70. The van der Waals surface area contributed by atoms with Gasteiger partial charge in [0.25, 0.3) is 5.91 Å². The fourth-order valence-corrected chi connectivity index (χ4v) is 1.99. The van der Waals surface area contributed by atoms with Crippen LogP contribution in [0.3, 0.4) is 0 Å². The van der Waals surface area contributed by atoms with Crippen LogP contribution >= 0.6 is 11.6 Å². The highest BCUT2D eigenvalue weighted by Crippen LogP contribution is 2.22. The summed E-state index contributed by atoms with van der Waals surface area (Å²) in [4.78, 5) is 11.9. The first kappa shape index (κ1) is 15.5. The van der Waals surface area contributed by atoms with Gasteiger partial charge in [-0.3, -0.25) is 4.79 Å². The highest BCUT2D eigenvalue weighted by molar-refractivity contribution is 6.30. The van der Waals surface area contributed by atoms with Crippen LogP contribution < -0.4 is 5.32 Å². The van der Waals surface area contributed by atoms with Gasteiger partial charge in [0.2, 0.25) is 0 Å². The van der Waals surface area contributed by atoms with Crippen molar-refractivity contribution < 1.29 is 18.7 Å². The lowest BCUT2D eigenvalue weighted by molar-refractivity contribution is 0.0322. The van der Waals surface area contributed by atoms with Crippen LogP contribution in [0.2, 0.25) is 5.02 Å². The maximum absolute atomic E-state index is 13.6. The molecular weight excluding hydrogens is 297 g/mol. The van der Waals surface area contributed by atoms with Crippen LogP contribution in [0.15, 0.2) is 34.7 Å². The van der Waals surface area contributed by atoms with Gasteiger partial charge in [-0.05, 0) is 44.2 Å². The molecule has 112 valence electrons. The van der Waals surface area contributed by atoms with Gasteiger partial charge in [-0.1, -0.05) is 11.6 Å². The van der Waals surface area contributed by atoms with Crippen molar-refractivity contribution in [1.29, 1.82) is 0 Å². The van der Waals surface area contributed by atoms with Gasteiger partial charge in [0.1, 0.15) is 22.9 Å². The Morgan fingerprint density at radius 1 is 1.43 bits per heavy atom. The fraction of sp³-hybridized carbons (Fsp3) is 0.267. The molecule has 2 N–H and O–H groups in total. The van der Waals surface area contributed by atoms with E-state index in [0.29, 0.717) is 11.5 Å². The number of aryl methyl sites for hydroxylation is 1. The second-order valence-electron chi connectivity index (χ2n) is 4.99. The lowest BCUT2D eigenvalue weighted by Crippen LogP contribution is -2.38. The van der Waals surface area contributed by atoms with Crippen molar-refractivity contribution in [2.45, 2.75) is 19.4 Å². The molecule has 1 aromatic carbocycles. The summed E-state index contributed by atoms with van der Waals surface area (Å²) in [5.41, 5.74) is -1.52. The van der Waals surface area contributed by atoms with Crippen LogP contribution in [-0.4, -0.2) is 17.6 Å². The molecule has 0 fully saturated rings. The van der Waals surface area contributed by atoms with Crippen molar-refractivity contribution in [2.24, 2.45) is 0 Å². The van der Waals surface area contributed by atoms with Crippen LogP contribution in [0, 0.1) is 12.7 Å². The maximum Gasteiger partial charge on any atom is 0.254 e. The van der Waals surface area contributed by atoms with Gasteiger partial charge < -0.3 is 14.8 Å². The smallest absolute Gasteiger partial charge is 0.254 e. The number of amides is 1. The molecule has 0 bridgehead atoms. The number of halogens is 2. The van der Waals surface area contributed by atoms with Crippen molar-refractivity contribution in [3.05, 3.63) is 58.3 Å². The van der Waals surface area contributed by atoms with Gasteiger partial charge in [0.05, 0.1) is 12.1 Å². The third-order valence-corrected chi connectivity index (χ3v) is 3.28. The first-order chi connectivity index (χ1) is 9.79. The Hall–Kier alpha value is -1.85. The molecule has 0 aliphatic rings. The summed E-state index contributed by atoms with van der Waals surface area (Å²) in [6.07, 6.45) is 0. The van der Waals surface area contributed by atoms with Crippen molar-refractivity contribution in [2.75, 3.05) is 6.54 Å². The molecule has 1 atom stereocenters. The molecule has 0 saturated heterocycles. The number of carbonyl (C=O) groups is 1. The van der Waals surface area contributed by atoms with Gasteiger partial charge in [-0.15, -0.1) is 0 Å². The summed E-state index contributed by atoms with van der Waals surface area (Å²) >= 11 is 5.63. The predicted molar refractivity (Wildman–Crippen MR) is 76.8 cm³/mol. The van der Waals surface area contributed by atoms with E-state index < -0.39 is 17.3 Å². The summed E-state index contributed by atoms with van der Waals surface area (Å²) in [6, 6.07) is 7.12. The molecule has 2 aromatic rings. The quantitative estimate of drug-likeness (QED) is 0.912. The van der Waals surface area contributed by atoms with E-state index in [1.54, 1.807) is 19.1 Å². The molecule has 1 amide bonds. The third kappa shape index (κ3) is 3.62. The molecule has 6 heteroatoms. The van der Waals surface area contributed by atoms with Crippen LogP contribution in [0.5, 0.6) is 0 Å². The number of aliphatic hydroxyl groups is 1. The number of benzene rings is 1. The Balaban J connectivity index is 2.06. The monoisotopic (exact) mass is 311 g/mol. The molecule has 2 rings (SSSR count). The van der Waals surface area contributed by atoms with Gasteiger partial charge in [0.15, 0.2) is 0 Å². The fourth-order valence-electron chi connectivity index (χ4n) is 1.83. The molecule has 21 heavy (non-hydrogen) atoms. The number of carbonyl (C=O) groups excluding carboxylic acids is 1. The normalized spacial score (nSPS) is 13.8. The molecule has 4 nitrogen and oxygen atoms in total. The molecule has 0 spiro atoms. The van der Waals surface area contributed by atoms with E-state index in [9.17, 15) is 14.3 Å². The molecule has 1 aromatic heterocycles. The summed E-state index contributed by atoms with van der Waals surface area (Å²) in [6.45, 7) is 3.14. The van der Waals surface area contributed by atoms with E-state index in [4.69, 9.17) is 16.0 Å². The summed E-state index contributed by atoms with van der Waals surface area (Å²) in [5.74, 6) is -0.363. The average Bonchev–Trinajstić information content (AvgIpc) is 2.84. The summed E-state index contributed by atoms with van der Waals surface area (Å²) < 4.78 is 19.0. The number of hydrogen-bond acceptors (Lipinski definition) is 3. The molecular formula is C15H15ClFNO3. The third-order valence-electron chi connectivity index (χ3n) is 3.04. The van der Waals surface area contributed by atoms with E-state index >= 15 is 0 Å². The van der Waals surface area contributed by atoms with E-state index in [2.05, 4.69) is 5.32 Å². The van der Waals surface area contributed by atoms with E-state index in [0.717, 1.165) is 6.07 Å². The minimum Gasteiger partial charge on any atom is -0.463 e. The minimum atomic E-state index is -1.38. The zero-order valence-corrected chi connectivity index (χ0v) is 12.4. The van der Waals surface area contributed by atoms with Crippen LogP contribution in [0.1, 0.15) is 28.8 Å². The van der Waals surface area contributed by atoms with Crippen molar-refractivity contribution in [3.8, 4) is 0 Å². The molecule has 0 saturated carbocycles. The number of furan rings is 1. The Morgan fingerprint density at radius 3 is 2.71 bits per heavy atom. The molecule has 0 radical (unpaired) electrons. The summed E-state index contributed by atoms with van der Waals surface area (Å²) in [7, 11) is 0. The summed E-state index contributed by atoms with van der Waals surface area (Å²) in [5, 5.41) is 13.0. The number of rotatable bonds is 4. The van der Waals surface area contributed by atoms with E-state index in [-0.39, 0.29) is 17.1 Å². The molecule has 0 aliphatic heterocycles. The SMILES string of the molecule is Cc1ccc(C(C)(O)CNC(=O)c2ccc(Cl)cc2F)o1. The van der Waals surface area contributed by atoms with Crippen molar-refractivity contribution in [1.82, 2.24) is 5.32 Å². The van der Waals surface area contributed by atoms with E-state index in [1.165, 1.54) is 19.1 Å². The topological polar surface area (TPSA) is 62.5 Å². The highest BCUT2D eigenvalue weighted by atomic mass is 35.5. The van der Waals surface area contributed by atoms with Crippen LogP contribution in [-0.2, 0) is 5.60 Å². The van der Waals surface area contributed by atoms with Gasteiger partial charge in [0, 0.05) is 5.02 Å². The average molecular weight is 312 g/mol. The first-order valence-electron chi connectivity index (χ1n) is 6.32. The van der Waals surface area contributed by atoms with Crippen molar-refractivity contribution in [3.63, 3.8) is 0 Å². The zero-order valence-electron chi connectivity index (χ0n) is 11.6. The Labute approximate surface area is 126 Å². The second-order valence-corrected chi connectivity index (χ2v) is 5.43. The van der Waals surface area contributed by atoms with E-state index in [1.807, 2.05) is 0 Å². The maximum atomic E-state index is 13.6. The lowest BCUT2D eigenvalue weighted by atomic mass is 10.0. The Kier molecular flexibility index (Phi) is 4.34.